The van der Waals surface area contributed by atoms with Gasteiger partial charge in [-0.3, -0.25) is 0 Å². The minimum Gasteiger partial charge on any atom is -0.197 e. The van der Waals surface area contributed by atoms with Gasteiger partial charge in [0.15, 0.2) is 0 Å². The molecule has 0 heterocycles. The minimum atomic E-state index is -0.360. The summed E-state index contributed by atoms with van der Waals surface area (Å²) in [5.74, 6) is 0. The number of nitrogens with zero attached hydrogens (tertiary/aromatic N) is 1. The summed E-state index contributed by atoms with van der Waals surface area (Å²) >= 11 is 4.24. The molecule has 0 saturated carbocycles. The SMILES string of the molecule is CC(C)(C#N)c1ccccc1.II. The van der Waals surface area contributed by atoms with Crippen LogP contribution in [0.2, 0.25) is 0 Å². The first-order chi connectivity index (χ1) is 6.17. The van der Waals surface area contributed by atoms with Crippen molar-refractivity contribution in [1.29, 1.82) is 5.26 Å². The van der Waals surface area contributed by atoms with Crippen LogP contribution in [-0.4, -0.2) is 0 Å². The van der Waals surface area contributed by atoms with E-state index in [2.05, 4.69) is 43.3 Å². The van der Waals surface area contributed by atoms with Crippen LogP contribution in [0.5, 0.6) is 0 Å². The standard InChI is InChI=1S/C10H11N.I2/c1-10(2,8-11)9-6-4-3-5-7-9;1-2/h3-7H,1-2H3;. The Bertz CT molecular complexity index is 275. The fourth-order valence-corrected chi connectivity index (χ4v) is 0.919. The van der Waals surface area contributed by atoms with E-state index in [1.165, 1.54) is 0 Å². The van der Waals surface area contributed by atoms with E-state index in [4.69, 9.17) is 5.26 Å². The van der Waals surface area contributed by atoms with Crippen LogP contribution in [0.15, 0.2) is 30.3 Å². The van der Waals surface area contributed by atoms with Gasteiger partial charge in [-0.05, 0) is 19.4 Å². The van der Waals surface area contributed by atoms with Crippen molar-refractivity contribution in [3.05, 3.63) is 35.9 Å². The van der Waals surface area contributed by atoms with E-state index in [1.807, 2.05) is 44.2 Å². The quantitative estimate of drug-likeness (QED) is 0.648. The molecule has 0 aromatic heterocycles. The smallest absolute Gasteiger partial charge is 0.0766 e. The molecule has 0 amide bonds. The summed E-state index contributed by atoms with van der Waals surface area (Å²) in [6, 6.07) is 12.1. The third-order valence-electron chi connectivity index (χ3n) is 1.77. The van der Waals surface area contributed by atoms with Crippen LogP contribution in [0.25, 0.3) is 0 Å². The van der Waals surface area contributed by atoms with E-state index < -0.39 is 0 Å². The molecule has 0 unspecified atom stereocenters. The van der Waals surface area contributed by atoms with E-state index in [1.54, 1.807) is 0 Å². The molecule has 0 radical (unpaired) electrons. The number of benzene rings is 1. The Morgan fingerprint density at radius 1 is 1.15 bits per heavy atom. The number of nitriles is 1. The van der Waals surface area contributed by atoms with Crippen molar-refractivity contribution in [3.8, 4) is 6.07 Å². The highest BCUT2D eigenvalue weighted by Crippen LogP contribution is 2.20. The fourth-order valence-electron chi connectivity index (χ4n) is 0.919. The maximum atomic E-state index is 8.80. The topological polar surface area (TPSA) is 23.8 Å². The summed E-state index contributed by atoms with van der Waals surface area (Å²) in [6.07, 6.45) is 0. The van der Waals surface area contributed by atoms with Crippen molar-refractivity contribution in [3.63, 3.8) is 0 Å². The van der Waals surface area contributed by atoms with Crippen molar-refractivity contribution in [1.82, 2.24) is 0 Å². The average Bonchev–Trinajstić information content (AvgIpc) is 2.22. The molecular weight excluding hydrogens is 388 g/mol. The van der Waals surface area contributed by atoms with Crippen LogP contribution in [0.4, 0.5) is 0 Å². The van der Waals surface area contributed by atoms with Gasteiger partial charge in [0, 0.05) is 37.2 Å². The Balaban J connectivity index is 0.000000671. The van der Waals surface area contributed by atoms with E-state index in [0.29, 0.717) is 0 Å². The zero-order valence-electron chi connectivity index (χ0n) is 7.59. The van der Waals surface area contributed by atoms with Gasteiger partial charge < -0.3 is 0 Å². The van der Waals surface area contributed by atoms with Crippen LogP contribution in [-0.2, 0) is 5.41 Å². The Morgan fingerprint density at radius 3 is 2.00 bits per heavy atom. The first kappa shape index (κ1) is 13.2. The molecule has 0 spiro atoms. The molecule has 0 aliphatic carbocycles. The van der Waals surface area contributed by atoms with E-state index in [0.717, 1.165) is 5.56 Å². The van der Waals surface area contributed by atoms with Gasteiger partial charge in [0.05, 0.1) is 11.5 Å². The normalized spacial score (nSPS) is 9.46. The van der Waals surface area contributed by atoms with Crippen LogP contribution < -0.4 is 0 Å². The zero-order chi connectivity index (χ0) is 10.3. The summed E-state index contributed by atoms with van der Waals surface area (Å²) in [7, 11) is 0. The molecule has 1 rings (SSSR count). The second kappa shape index (κ2) is 6.60. The van der Waals surface area contributed by atoms with Gasteiger partial charge in [-0.2, -0.15) is 5.26 Å². The molecule has 0 aliphatic rings. The Labute approximate surface area is 103 Å². The first-order valence-electron chi connectivity index (χ1n) is 3.78. The highest BCUT2D eigenvalue weighted by Gasteiger charge is 2.18. The molecular formula is C10H11I2N. The van der Waals surface area contributed by atoms with Crippen LogP contribution >= 0.6 is 37.2 Å². The summed E-state index contributed by atoms with van der Waals surface area (Å²) in [4.78, 5) is 0. The van der Waals surface area contributed by atoms with Crippen LogP contribution in [0, 0.1) is 11.3 Å². The predicted octanol–water partition coefficient (Wildman–Crippen LogP) is 4.26. The monoisotopic (exact) mass is 399 g/mol. The fraction of sp³-hybridized carbons (Fsp3) is 0.300. The molecule has 70 valence electrons. The molecule has 0 bridgehead atoms. The van der Waals surface area contributed by atoms with Crippen molar-refractivity contribution in [2.45, 2.75) is 19.3 Å². The molecule has 0 aliphatic heterocycles. The summed E-state index contributed by atoms with van der Waals surface area (Å²) in [5, 5.41) is 8.80. The van der Waals surface area contributed by atoms with Gasteiger partial charge >= 0.3 is 0 Å². The molecule has 0 fully saturated rings. The number of rotatable bonds is 1. The molecule has 0 atom stereocenters. The minimum absolute atomic E-state index is 0.360. The van der Waals surface area contributed by atoms with Gasteiger partial charge in [-0.15, -0.1) is 0 Å². The van der Waals surface area contributed by atoms with Gasteiger partial charge in [0.25, 0.3) is 0 Å². The highest BCUT2D eigenvalue weighted by atomic mass is 128. The van der Waals surface area contributed by atoms with Crippen molar-refractivity contribution < 1.29 is 0 Å². The second-order valence-electron chi connectivity index (χ2n) is 3.10. The Morgan fingerprint density at radius 2 is 1.62 bits per heavy atom. The van der Waals surface area contributed by atoms with E-state index in [-0.39, 0.29) is 5.41 Å². The van der Waals surface area contributed by atoms with Crippen LogP contribution in [0.1, 0.15) is 19.4 Å². The molecule has 0 N–H and O–H groups in total. The maximum absolute atomic E-state index is 8.80. The molecule has 1 aromatic carbocycles. The van der Waals surface area contributed by atoms with E-state index >= 15 is 0 Å². The first-order valence-corrected chi connectivity index (χ1v) is 10.1. The largest absolute Gasteiger partial charge is 0.197 e. The van der Waals surface area contributed by atoms with Crippen LogP contribution in [0.3, 0.4) is 0 Å². The Hall–Kier alpha value is 0.170. The lowest BCUT2D eigenvalue weighted by molar-refractivity contribution is 0.687. The van der Waals surface area contributed by atoms with Crippen molar-refractivity contribution in [2.75, 3.05) is 0 Å². The number of halogens is 2. The zero-order valence-corrected chi connectivity index (χ0v) is 11.9. The molecule has 0 saturated heterocycles. The third-order valence-corrected chi connectivity index (χ3v) is 1.77. The lowest BCUT2D eigenvalue weighted by Crippen LogP contribution is -2.13. The highest BCUT2D eigenvalue weighted by molar-refractivity contribution is 15.0. The predicted molar refractivity (Wildman–Crippen MR) is 73.1 cm³/mol. The number of hydrogen-bond donors (Lipinski definition) is 0. The average molecular weight is 399 g/mol. The number of hydrogen-bond acceptors (Lipinski definition) is 1. The lowest BCUT2D eigenvalue weighted by Gasteiger charge is -2.14. The Kier molecular flexibility index (Phi) is 6.68. The summed E-state index contributed by atoms with van der Waals surface area (Å²) in [6.45, 7) is 3.84. The molecule has 13 heavy (non-hydrogen) atoms. The van der Waals surface area contributed by atoms with Crippen molar-refractivity contribution in [2.24, 2.45) is 0 Å². The summed E-state index contributed by atoms with van der Waals surface area (Å²) in [5.41, 5.74) is 0.712. The third kappa shape index (κ3) is 4.27. The molecule has 1 aromatic rings. The summed E-state index contributed by atoms with van der Waals surface area (Å²) < 4.78 is 0. The van der Waals surface area contributed by atoms with E-state index in [9.17, 15) is 0 Å². The maximum Gasteiger partial charge on any atom is 0.0766 e. The van der Waals surface area contributed by atoms with Gasteiger partial charge in [0.2, 0.25) is 0 Å². The second-order valence-corrected chi connectivity index (χ2v) is 3.10. The van der Waals surface area contributed by atoms with Crippen molar-refractivity contribution >= 4 is 37.2 Å². The van der Waals surface area contributed by atoms with Gasteiger partial charge in [-0.25, -0.2) is 0 Å². The molecule has 3 heteroatoms. The van der Waals surface area contributed by atoms with Gasteiger partial charge in [0.1, 0.15) is 0 Å². The van der Waals surface area contributed by atoms with Gasteiger partial charge in [-0.1, -0.05) is 30.3 Å². The molecule has 1 nitrogen and oxygen atoms in total. The lowest BCUT2D eigenvalue weighted by atomic mass is 9.87.